The molecule has 0 atom stereocenters. The highest BCUT2D eigenvalue weighted by Gasteiger charge is 2.11. The fraction of sp³-hybridized carbons (Fsp3) is 0.412. The van der Waals surface area contributed by atoms with Crippen LogP contribution in [0.1, 0.15) is 32.8 Å². The maximum absolute atomic E-state index is 12.1. The van der Waals surface area contributed by atoms with Crippen molar-refractivity contribution in [2.75, 3.05) is 11.9 Å². The topological polar surface area (TPSA) is 54.0 Å². The summed E-state index contributed by atoms with van der Waals surface area (Å²) in [5.41, 5.74) is 2.89. The average Bonchev–Trinajstić information content (AvgIpc) is 2.41. The number of hydrogen-bond acceptors (Lipinski definition) is 3. The van der Waals surface area contributed by atoms with E-state index in [1.54, 1.807) is 6.20 Å². The molecule has 0 radical (unpaired) electrons. The van der Waals surface area contributed by atoms with E-state index in [1.165, 1.54) is 0 Å². The SMILES string of the molecule is Cc1ccc(NC(=O)CCNC(C)(C)C)c2cccnc12. The first-order valence-corrected chi connectivity index (χ1v) is 7.26. The number of nitrogens with one attached hydrogen (secondary N) is 2. The molecule has 4 nitrogen and oxygen atoms in total. The molecule has 4 heteroatoms. The molecule has 0 fully saturated rings. The summed E-state index contributed by atoms with van der Waals surface area (Å²) in [5, 5.41) is 7.27. The molecule has 0 aliphatic carbocycles. The predicted octanol–water partition coefficient (Wildman–Crippen LogP) is 3.26. The highest BCUT2D eigenvalue weighted by molar-refractivity contribution is 6.01. The van der Waals surface area contributed by atoms with Crippen LogP contribution in [-0.2, 0) is 4.79 Å². The molecule has 1 heterocycles. The van der Waals surface area contributed by atoms with Gasteiger partial charge in [-0.15, -0.1) is 0 Å². The normalized spacial score (nSPS) is 11.6. The number of rotatable bonds is 4. The minimum absolute atomic E-state index is 0.0146. The first-order valence-electron chi connectivity index (χ1n) is 7.26. The second-order valence-corrected chi connectivity index (χ2v) is 6.30. The van der Waals surface area contributed by atoms with Gasteiger partial charge in [-0.05, 0) is 51.5 Å². The van der Waals surface area contributed by atoms with Crippen molar-refractivity contribution in [2.45, 2.75) is 39.7 Å². The molecule has 2 N–H and O–H groups in total. The molecular weight excluding hydrogens is 262 g/mol. The summed E-state index contributed by atoms with van der Waals surface area (Å²) in [6, 6.07) is 7.80. The molecule has 0 saturated carbocycles. The minimum Gasteiger partial charge on any atom is -0.325 e. The third kappa shape index (κ3) is 4.26. The van der Waals surface area contributed by atoms with E-state index < -0.39 is 0 Å². The van der Waals surface area contributed by atoms with Gasteiger partial charge in [0.2, 0.25) is 5.91 Å². The molecule has 0 aliphatic rings. The van der Waals surface area contributed by atoms with Gasteiger partial charge in [-0.3, -0.25) is 9.78 Å². The largest absolute Gasteiger partial charge is 0.325 e. The second-order valence-electron chi connectivity index (χ2n) is 6.30. The van der Waals surface area contributed by atoms with Crippen LogP contribution in [0.5, 0.6) is 0 Å². The first kappa shape index (κ1) is 15.4. The van der Waals surface area contributed by atoms with E-state index in [4.69, 9.17) is 0 Å². The Bertz CT molecular complexity index is 644. The first-order chi connectivity index (χ1) is 9.87. The molecule has 0 bridgehead atoms. The van der Waals surface area contributed by atoms with Gasteiger partial charge in [-0.25, -0.2) is 0 Å². The number of hydrogen-bond donors (Lipinski definition) is 2. The molecule has 2 rings (SSSR count). The summed E-state index contributed by atoms with van der Waals surface area (Å²) in [4.78, 5) is 16.4. The lowest BCUT2D eigenvalue weighted by Gasteiger charge is -2.20. The summed E-state index contributed by atoms with van der Waals surface area (Å²) >= 11 is 0. The van der Waals surface area contributed by atoms with E-state index in [0.717, 1.165) is 22.2 Å². The Hall–Kier alpha value is -1.94. The van der Waals surface area contributed by atoms with Gasteiger partial charge in [0, 0.05) is 30.1 Å². The number of pyridine rings is 1. The molecule has 0 unspecified atom stereocenters. The van der Waals surface area contributed by atoms with Crippen molar-refractivity contribution >= 4 is 22.5 Å². The van der Waals surface area contributed by atoms with Crippen molar-refractivity contribution in [3.8, 4) is 0 Å². The Kier molecular flexibility index (Phi) is 4.58. The molecule has 112 valence electrons. The fourth-order valence-electron chi connectivity index (χ4n) is 2.19. The maximum atomic E-state index is 12.1. The summed E-state index contributed by atoms with van der Waals surface area (Å²) in [6.07, 6.45) is 2.22. The van der Waals surface area contributed by atoms with Gasteiger partial charge in [-0.2, -0.15) is 0 Å². The molecule has 2 aromatic rings. The average molecular weight is 285 g/mol. The van der Waals surface area contributed by atoms with Gasteiger partial charge in [0.1, 0.15) is 0 Å². The fourth-order valence-corrected chi connectivity index (χ4v) is 2.19. The zero-order chi connectivity index (χ0) is 15.5. The van der Waals surface area contributed by atoms with Crippen LogP contribution in [0, 0.1) is 6.92 Å². The summed E-state index contributed by atoms with van der Waals surface area (Å²) in [6.45, 7) is 8.95. The van der Waals surface area contributed by atoms with E-state index in [9.17, 15) is 4.79 Å². The zero-order valence-corrected chi connectivity index (χ0v) is 13.2. The molecule has 0 spiro atoms. The lowest BCUT2D eigenvalue weighted by molar-refractivity contribution is -0.116. The van der Waals surface area contributed by atoms with Crippen LogP contribution in [-0.4, -0.2) is 23.0 Å². The molecular formula is C17H23N3O. The van der Waals surface area contributed by atoms with Crippen LogP contribution in [0.3, 0.4) is 0 Å². The van der Waals surface area contributed by atoms with Crippen LogP contribution in [0.25, 0.3) is 10.9 Å². The van der Waals surface area contributed by atoms with E-state index in [0.29, 0.717) is 13.0 Å². The number of carbonyl (C=O) groups excluding carboxylic acids is 1. The van der Waals surface area contributed by atoms with Crippen LogP contribution in [0.15, 0.2) is 30.5 Å². The summed E-state index contributed by atoms with van der Waals surface area (Å²) in [5.74, 6) is 0.0146. The van der Waals surface area contributed by atoms with Gasteiger partial charge in [0.25, 0.3) is 0 Å². The van der Waals surface area contributed by atoms with Gasteiger partial charge < -0.3 is 10.6 Å². The highest BCUT2D eigenvalue weighted by Crippen LogP contribution is 2.24. The number of amides is 1. The van der Waals surface area contributed by atoms with Gasteiger partial charge in [0.15, 0.2) is 0 Å². The standard InChI is InChI=1S/C17H23N3O/c1-12-7-8-14(13-6-5-10-18-16(12)13)20-15(21)9-11-19-17(2,3)4/h5-8,10,19H,9,11H2,1-4H3,(H,20,21). The van der Waals surface area contributed by atoms with Crippen LogP contribution >= 0.6 is 0 Å². The number of carbonyl (C=O) groups is 1. The van der Waals surface area contributed by atoms with Gasteiger partial charge >= 0.3 is 0 Å². The van der Waals surface area contributed by atoms with Crippen LogP contribution < -0.4 is 10.6 Å². The van der Waals surface area contributed by atoms with Crippen molar-refractivity contribution < 1.29 is 4.79 Å². The van der Waals surface area contributed by atoms with Crippen LogP contribution in [0.4, 0.5) is 5.69 Å². The molecule has 1 aromatic heterocycles. The molecule has 0 saturated heterocycles. The van der Waals surface area contributed by atoms with Gasteiger partial charge in [0.05, 0.1) is 11.2 Å². The van der Waals surface area contributed by atoms with Crippen molar-refractivity contribution in [1.82, 2.24) is 10.3 Å². The minimum atomic E-state index is 0.0146. The van der Waals surface area contributed by atoms with Crippen LogP contribution in [0.2, 0.25) is 0 Å². The van der Waals surface area contributed by atoms with Crippen molar-refractivity contribution in [2.24, 2.45) is 0 Å². The zero-order valence-electron chi connectivity index (χ0n) is 13.2. The Morgan fingerprint density at radius 2 is 2.00 bits per heavy atom. The van der Waals surface area contributed by atoms with E-state index in [1.807, 2.05) is 31.2 Å². The highest BCUT2D eigenvalue weighted by atomic mass is 16.1. The van der Waals surface area contributed by atoms with Crippen molar-refractivity contribution in [3.05, 3.63) is 36.0 Å². The Labute approximate surface area is 126 Å². The number of aryl methyl sites for hydroxylation is 1. The smallest absolute Gasteiger partial charge is 0.225 e. The molecule has 21 heavy (non-hydrogen) atoms. The van der Waals surface area contributed by atoms with Crippen molar-refractivity contribution in [1.29, 1.82) is 0 Å². The molecule has 1 aromatic carbocycles. The number of anilines is 1. The van der Waals surface area contributed by atoms with E-state index in [2.05, 4.69) is 36.4 Å². The Balaban J connectivity index is 2.06. The van der Waals surface area contributed by atoms with E-state index >= 15 is 0 Å². The van der Waals surface area contributed by atoms with Crippen molar-refractivity contribution in [3.63, 3.8) is 0 Å². The Morgan fingerprint density at radius 1 is 1.24 bits per heavy atom. The number of nitrogens with zero attached hydrogens (tertiary/aromatic N) is 1. The van der Waals surface area contributed by atoms with Gasteiger partial charge in [-0.1, -0.05) is 6.07 Å². The lowest BCUT2D eigenvalue weighted by atomic mass is 10.1. The predicted molar refractivity (Wildman–Crippen MR) is 87.5 cm³/mol. The summed E-state index contributed by atoms with van der Waals surface area (Å²) < 4.78 is 0. The quantitative estimate of drug-likeness (QED) is 0.906. The number of aromatic nitrogens is 1. The second kappa shape index (κ2) is 6.22. The molecule has 1 amide bonds. The Morgan fingerprint density at radius 3 is 2.71 bits per heavy atom. The maximum Gasteiger partial charge on any atom is 0.225 e. The molecule has 0 aliphatic heterocycles. The number of benzene rings is 1. The third-order valence-electron chi connectivity index (χ3n) is 3.25. The summed E-state index contributed by atoms with van der Waals surface area (Å²) in [7, 11) is 0. The van der Waals surface area contributed by atoms with E-state index in [-0.39, 0.29) is 11.4 Å². The number of fused-ring (bicyclic) bond motifs is 1. The third-order valence-corrected chi connectivity index (χ3v) is 3.25. The monoisotopic (exact) mass is 285 g/mol. The lowest BCUT2D eigenvalue weighted by Crippen LogP contribution is -2.37.